The average Bonchev–Trinajstić information content (AvgIpc) is 2.77. The van der Waals surface area contributed by atoms with Crippen molar-refractivity contribution in [2.24, 2.45) is 5.92 Å². The third-order valence-electron chi connectivity index (χ3n) is 5.27. The number of hydrogen-bond donors (Lipinski definition) is 1. The number of rotatable bonds is 12. The fraction of sp³-hybridized carbons (Fsp3) is 0.462. The molecule has 2 amide bonds. The molecule has 0 aliphatic rings. The van der Waals surface area contributed by atoms with Gasteiger partial charge in [0, 0.05) is 25.9 Å². The van der Waals surface area contributed by atoms with E-state index in [0.29, 0.717) is 31.8 Å². The smallest absolute Gasteiger partial charge is 0.243 e. The first kappa shape index (κ1) is 24.4. The van der Waals surface area contributed by atoms with Crippen LogP contribution in [0.15, 0.2) is 54.6 Å². The van der Waals surface area contributed by atoms with Crippen LogP contribution in [0.4, 0.5) is 0 Å². The third-order valence-corrected chi connectivity index (χ3v) is 5.27. The van der Waals surface area contributed by atoms with Crippen molar-refractivity contribution in [1.29, 1.82) is 0 Å². The second-order valence-electron chi connectivity index (χ2n) is 8.30. The van der Waals surface area contributed by atoms with Crippen LogP contribution in [0.3, 0.4) is 0 Å². The molecule has 2 aromatic carbocycles. The molecule has 5 heteroatoms. The predicted octanol–water partition coefficient (Wildman–Crippen LogP) is 4.60. The van der Waals surface area contributed by atoms with E-state index >= 15 is 0 Å². The van der Waals surface area contributed by atoms with Gasteiger partial charge in [-0.2, -0.15) is 0 Å². The van der Waals surface area contributed by atoms with Gasteiger partial charge < -0.3 is 15.0 Å². The summed E-state index contributed by atoms with van der Waals surface area (Å²) in [6.07, 6.45) is 2.55. The zero-order valence-electron chi connectivity index (χ0n) is 19.3. The Morgan fingerprint density at radius 2 is 1.68 bits per heavy atom. The van der Waals surface area contributed by atoms with E-state index in [1.54, 1.807) is 12.0 Å². The monoisotopic (exact) mass is 424 g/mol. The highest BCUT2D eigenvalue weighted by Gasteiger charge is 2.29. The summed E-state index contributed by atoms with van der Waals surface area (Å²) in [5.41, 5.74) is 2.01. The Kier molecular flexibility index (Phi) is 10.1. The number of amides is 2. The molecule has 0 heterocycles. The number of carbonyl (C=O) groups is 2. The SMILES string of the molecule is CCCC(=O)N(Cc1ccc(OC)cc1)C(Cc1ccccc1)C(=O)NCCC(C)C. The first-order valence-corrected chi connectivity index (χ1v) is 11.2. The van der Waals surface area contributed by atoms with Gasteiger partial charge in [0.1, 0.15) is 11.8 Å². The summed E-state index contributed by atoms with van der Waals surface area (Å²) in [7, 11) is 1.63. The van der Waals surface area contributed by atoms with E-state index in [-0.39, 0.29) is 11.8 Å². The molecule has 0 saturated carbocycles. The van der Waals surface area contributed by atoms with Gasteiger partial charge in [0.05, 0.1) is 7.11 Å². The number of methoxy groups -OCH3 is 1. The first-order chi connectivity index (χ1) is 14.9. The molecule has 0 spiro atoms. The Bertz CT molecular complexity index is 803. The summed E-state index contributed by atoms with van der Waals surface area (Å²) in [5.74, 6) is 1.17. The van der Waals surface area contributed by atoms with E-state index in [0.717, 1.165) is 29.7 Å². The summed E-state index contributed by atoms with van der Waals surface area (Å²) in [6.45, 7) is 7.25. The van der Waals surface area contributed by atoms with Gasteiger partial charge in [0.2, 0.25) is 11.8 Å². The fourth-order valence-electron chi connectivity index (χ4n) is 3.44. The van der Waals surface area contributed by atoms with Gasteiger partial charge >= 0.3 is 0 Å². The first-order valence-electron chi connectivity index (χ1n) is 11.2. The van der Waals surface area contributed by atoms with Gasteiger partial charge in [-0.15, -0.1) is 0 Å². The van der Waals surface area contributed by atoms with Gasteiger partial charge in [0.15, 0.2) is 0 Å². The van der Waals surface area contributed by atoms with E-state index < -0.39 is 6.04 Å². The second kappa shape index (κ2) is 12.8. The van der Waals surface area contributed by atoms with Gasteiger partial charge in [-0.3, -0.25) is 9.59 Å². The highest BCUT2D eigenvalue weighted by atomic mass is 16.5. The molecule has 0 bridgehead atoms. The van der Waals surface area contributed by atoms with Crippen molar-refractivity contribution in [2.45, 2.75) is 59.0 Å². The van der Waals surface area contributed by atoms with Gasteiger partial charge in [0.25, 0.3) is 0 Å². The van der Waals surface area contributed by atoms with Crippen molar-refractivity contribution in [3.63, 3.8) is 0 Å². The molecule has 1 unspecified atom stereocenters. The molecule has 0 radical (unpaired) electrons. The number of nitrogens with one attached hydrogen (secondary N) is 1. The maximum Gasteiger partial charge on any atom is 0.243 e. The predicted molar refractivity (Wildman–Crippen MR) is 125 cm³/mol. The third kappa shape index (κ3) is 8.08. The quantitative estimate of drug-likeness (QED) is 0.542. The van der Waals surface area contributed by atoms with Crippen molar-refractivity contribution in [1.82, 2.24) is 10.2 Å². The van der Waals surface area contributed by atoms with E-state index in [2.05, 4.69) is 19.2 Å². The molecule has 2 rings (SSSR count). The van der Waals surface area contributed by atoms with E-state index in [1.165, 1.54) is 0 Å². The maximum atomic E-state index is 13.2. The number of hydrogen-bond acceptors (Lipinski definition) is 3. The lowest BCUT2D eigenvalue weighted by atomic mass is 10.0. The van der Waals surface area contributed by atoms with Crippen LogP contribution in [0.25, 0.3) is 0 Å². The van der Waals surface area contributed by atoms with Crippen LogP contribution in [-0.2, 0) is 22.6 Å². The largest absolute Gasteiger partial charge is 0.497 e. The van der Waals surface area contributed by atoms with Gasteiger partial charge in [-0.1, -0.05) is 63.2 Å². The molecular formula is C26H36N2O3. The van der Waals surface area contributed by atoms with E-state index in [1.807, 2.05) is 61.5 Å². The minimum absolute atomic E-state index is 0.00161. The summed E-state index contributed by atoms with van der Waals surface area (Å²) < 4.78 is 5.24. The molecule has 0 aliphatic heterocycles. The minimum Gasteiger partial charge on any atom is -0.497 e. The lowest BCUT2D eigenvalue weighted by Gasteiger charge is -2.31. The fourth-order valence-corrected chi connectivity index (χ4v) is 3.44. The molecule has 168 valence electrons. The summed E-state index contributed by atoms with van der Waals surface area (Å²) in [5, 5.41) is 3.06. The van der Waals surface area contributed by atoms with Crippen molar-refractivity contribution in [3.8, 4) is 5.75 Å². The summed E-state index contributed by atoms with van der Waals surface area (Å²) in [6, 6.07) is 17.0. The Balaban J connectivity index is 2.30. The minimum atomic E-state index is -0.560. The van der Waals surface area contributed by atoms with Crippen LogP contribution in [0.2, 0.25) is 0 Å². The zero-order chi connectivity index (χ0) is 22.6. The standard InChI is InChI=1S/C26H36N2O3/c1-5-9-25(29)28(19-22-12-14-23(31-4)15-13-22)24(18-21-10-7-6-8-11-21)26(30)27-17-16-20(2)3/h6-8,10-15,20,24H,5,9,16-19H2,1-4H3,(H,27,30). The molecule has 1 atom stereocenters. The van der Waals surface area contributed by atoms with Gasteiger partial charge in [-0.25, -0.2) is 0 Å². The Labute approximate surface area is 186 Å². The lowest BCUT2D eigenvalue weighted by Crippen LogP contribution is -2.50. The molecule has 1 N–H and O–H groups in total. The Morgan fingerprint density at radius 1 is 1.00 bits per heavy atom. The van der Waals surface area contributed by atoms with Crippen LogP contribution in [0.1, 0.15) is 51.2 Å². The van der Waals surface area contributed by atoms with Crippen molar-refractivity contribution < 1.29 is 14.3 Å². The summed E-state index contributed by atoms with van der Waals surface area (Å²) in [4.78, 5) is 28.1. The van der Waals surface area contributed by atoms with E-state index in [9.17, 15) is 9.59 Å². The number of benzene rings is 2. The van der Waals surface area contributed by atoms with Crippen LogP contribution in [-0.4, -0.2) is 36.4 Å². The normalized spacial score (nSPS) is 11.8. The molecule has 0 fully saturated rings. The molecule has 2 aromatic rings. The highest BCUT2D eigenvalue weighted by Crippen LogP contribution is 2.18. The number of carbonyl (C=O) groups excluding carboxylic acids is 2. The van der Waals surface area contributed by atoms with Crippen molar-refractivity contribution in [2.75, 3.05) is 13.7 Å². The van der Waals surface area contributed by atoms with Crippen LogP contribution < -0.4 is 10.1 Å². The molecule has 0 aromatic heterocycles. The van der Waals surface area contributed by atoms with Gasteiger partial charge in [-0.05, 0) is 42.0 Å². The Morgan fingerprint density at radius 3 is 2.26 bits per heavy atom. The lowest BCUT2D eigenvalue weighted by molar-refractivity contribution is -0.141. The maximum absolute atomic E-state index is 13.2. The number of ether oxygens (including phenoxy) is 1. The molecule has 0 aliphatic carbocycles. The zero-order valence-corrected chi connectivity index (χ0v) is 19.3. The summed E-state index contributed by atoms with van der Waals surface area (Å²) >= 11 is 0. The molecule has 31 heavy (non-hydrogen) atoms. The molecule has 5 nitrogen and oxygen atoms in total. The average molecular weight is 425 g/mol. The highest BCUT2D eigenvalue weighted by molar-refractivity contribution is 5.88. The number of nitrogens with zero attached hydrogens (tertiary/aromatic N) is 1. The Hall–Kier alpha value is -2.82. The van der Waals surface area contributed by atoms with Crippen molar-refractivity contribution in [3.05, 3.63) is 65.7 Å². The van der Waals surface area contributed by atoms with Crippen LogP contribution in [0, 0.1) is 5.92 Å². The van der Waals surface area contributed by atoms with Crippen molar-refractivity contribution >= 4 is 11.8 Å². The second-order valence-corrected chi connectivity index (χ2v) is 8.30. The van der Waals surface area contributed by atoms with Crippen LogP contribution >= 0.6 is 0 Å². The molecular weight excluding hydrogens is 388 g/mol. The van der Waals surface area contributed by atoms with E-state index in [4.69, 9.17) is 4.74 Å². The topological polar surface area (TPSA) is 58.6 Å². The van der Waals surface area contributed by atoms with Crippen LogP contribution in [0.5, 0.6) is 5.75 Å². The molecule has 0 saturated heterocycles.